The zero-order valence-electron chi connectivity index (χ0n) is 23.0. The minimum atomic E-state index is -0.205. The number of carbonyl (C=O) groups is 1. The molecule has 1 atom stereocenters. The van der Waals surface area contributed by atoms with Crippen molar-refractivity contribution in [1.82, 2.24) is 20.2 Å². The van der Waals surface area contributed by atoms with Gasteiger partial charge in [-0.3, -0.25) is 0 Å². The van der Waals surface area contributed by atoms with E-state index >= 15 is 0 Å². The van der Waals surface area contributed by atoms with Crippen molar-refractivity contribution in [2.45, 2.75) is 62.5 Å². The van der Waals surface area contributed by atoms with Crippen molar-refractivity contribution < 1.29 is 9.53 Å². The number of rotatable bonds is 9. The highest BCUT2D eigenvalue weighted by atomic mass is 32.2. The largest absolute Gasteiger partial charge is 0.377 e. The van der Waals surface area contributed by atoms with Crippen molar-refractivity contribution in [3.63, 3.8) is 0 Å². The van der Waals surface area contributed by atoms with Gasteiger partial charge in [0.15, 0.2) is 10.6 Å². The molecule has 0 unspecified atom stereocenters. The standard InChI is InChI=1S/C28H42N6O2S/c1-20-19-36-17-16-34(20)25-18-24(28(2,3)37-23-8-6-7-9-23)31-26(32-25)21-10-12-22(13-11-21)30-27(35)29-14-15-33(4)5/h10-13,18,20,23H,6-9,14-17,19H2,1-5H3,(H2,29,30,35)/p+1/t20-/m0/s1. The molecule has 2 heterocycles. The van der Waals surface area contributed by atoms with Gasteiger partial charge < -0.3 is 25.2 Å². The summed E-state index contributed by atoms with van der Waals surface area (Å²) in [7, 11) is 3.96. The van der Waals surface area contributed by atoms with E-state index in [0.29, 0.717) is 19.8 Å². The second-order valence-corrected chi connectivity index (χ2v) is 13.0. The Kier molecular flexibility index (Phi) is 9.31. The highest BCUT2D eigenvalue weighted by Crippen LogP contribution is 2.35. The summed E-state index contributed by atoms with van der Waals surface area (Å²) in [6.45, 7) is 10.4. The van der Waals surface area contributed by atoms with Gasteiger partial charge in [0, 0.05) is 37.0 Å². The molecule has 1 saturated carbocycles. The summed E-state index contributed by atoms with van der Waals surface area (Å²) < 4.78 is 5.62. The Hall–Kier alpha value is -2.36. The zero-order valence-corrected chi connectivity index (χ0v) is 23.9. The molecule has 1 aromatic carbocycles. The quantitative estimate of drug-likeness (QED) is 0.378. The Morgan fingerprint density at radius 1 is 1.19 bits per heavy atom. The molecule has 8 nitrogen and oxygen atoms in total. The zero-order chi connectivity index (χ0) is 26.4. The van der Waals surface area contributed by atoms with Crippen molar-refractivity contribution in [2.24, 2.45) is 0 Å². The summed E-state index contributed by atoms with van der Waals surface area (Å²) in [4.78, 5) is 26.7. The Morgan fingerprint density at radius 2 is 1.92 bits per heavy atom. The Morgan fingerprint density at radius 3 is 2.59 bits per heavy atom. The number of aromatic nitrogens is 2. The van der Waals surface area contributed by atoms with Gasteiger partial charge in [-0.15, -0.1) is 0 Å². The topological polar surface area (TPSA) is 82.6 Å². The number of nitrogens with zero attached hydrogens (tertiary/aromatic N) is 4. The van der Waals surface area contributed by atoms with E-state index in [1.807, 2.05) is 43.3 Å². The van der Waals surface area contributed by atoms with Crippen LogP contribution < -0.4 is 15.5 Å². The predicted molar refractivity (Wildman–Crippen MR) is 155 cm³/mol. The molecular formula is C28H43N6O2S+. The minimum absolute atomic E-state index is 0.0664. The molecule has 0 bridgehead atoms. The van der Waals surface area contributed by atoms with Gasteiger partial charge in [0.25, 0.3) is 0 Å². The number of benzene rings is 1. The van der Waals surface area contributed by atoms with Crippen LogP contribution >= 0.6 is 0 Å². The van der Waals surface area contributed by atoms with Crippen LogP contribution in [0.25, 0.3) is 11.4 Å². The summed E-state index contributed by atoms with van der Waals surface area (Å²) >= 11 is 1.45. The van der Waals surface area contributed by atoms with Gasteiger partial charge >= 0.3 is 6.03 Å². The number of urea groups is 1. The van der Waals surface area contributed by atoms with Gasteiger partial charge in [-0.05, 0) is 96.6 Å². The van der Waals surface area contributed by atoms with E-state index in [1.54, 1.807) is 0 Å². The second kappa shape index (κ2) is 12.5. The number of morpholine rings is 1. The second-order valence-electron chi connectivity index (χ2n) is 10.9. The molecular weight excluding hydrogens is 484 g/mol. The smallest absolute Gasteiger partial charge is 0.319 e. The van der Waals surface area contributed by atoms with Gasteiger partial charge in [0.2, 0.25) is 0 Å². The molecule has 1 aromatic heterocycles. The number of amides is 2. The van der Waals surface area contributed by atoms with Crippen molar-refractivity contribution in [1.29, 1.82) is 0 Å². The third-order valence-corrected chi connectivity index (χ3v) is 8.83. The van der Waals surface area contributed by atoms with Crippen LogP contribution in [-0.4, -0.2) is 79.1 Å². The highest BCUT2D eigenvalue weighted by molar-refractivity contribution is 7.80. The molecule has 1 aliphatic heterocycles. The average molecular weight is 528 g/mol. The molecule has 4 rings (SSSR count). The maximum absolute atomic E-state index is 12.2. The SMILES string of the molecule is C[C@H]1COCCN1c1cc(C(C)(C)[SH+]C2CCCC2)nc(-c2ccc(NC(=O)NCCN(C)C)cc2)n1. The fraction of sp³-hybridized carbons (Fsp3) is 0.607. The molecule has 2 aromatic rings. The van der Waals surface area contributed by atoms with Crippen LogP contribution in [0, 0.1) is 0 Å². The van der Waals surface area contributed by atoms with Gasteiger partial charge in [0.05, 0.1) is 19.3 Å². The van der Waals surface area contributed by atoms with E-state index in [2.05, 4.69) is 42.4 Å². The first-order chi connectivity index (χ1) is 17.7. The lowest BCUT2D eigenvalue weighted by Crippen LogP contribution is -2.44. The predicted octanol–water partition coefficient (Wildman–Crippen LogP) is 4.04. The first-order valence-electron chi connectivity index (χ1n) is 13.5. The molecule has 37 heavy (non-hydrogen) atoms. The van der Waals surface area contributed by atoms with Crippen LogP contribution in [0.1, 0.15) is 52.1 Å². The van der Waals surface area contributed by atoms with Crippen LogP contribution in [0.3, 0.4) is 0 Å². The normalized spacial score (nSPS) is 18.9. The van der Waals surface area contributed by atoms with Crippen molar-refractivity contribution in [2.75, 3.05) is 57.2 Å². The number of nitrogens with one attached hydrogen (secondary N) is 2. The van der Waals surface area contributed by atoms with Crippen LogP contribution in [0.5, 0.6) is 0 Å². The van der Waals surface area contributed by atoms with E-state index < -0.39 is 0 Å². The molecule has 0 radical (unpaired) electrons. The Labute approximate surface area is 226 Å². The number of ether oxygens (including phenoxy) is 1. The summed E-state index contributed by atoms with van der Waals surface area (Å²) in [5, 5.41) is 6.53. The molecule has 2 fully saturated rings. The van der Waals surface area contributed by atoms with Crippen LogP contribution in [0.2, 0.25) is 0 Å². The van der Waals surface area contributed by atoms with Gasteiger partial charge in [0.1, 0.15) is 16.8 Å². The first-order valence-corrected chi connectivity index (χ1v) is 14.4. The van der Waals surface area contributed by atoms with E-state index in [1.165, 1.54) is 37.4 Å². The van der Waals surface area contributed by atoms with E-state index in [4.69, 9.17) is 14.7 Å². The summed E-state index contributed by atoms with van der Waals surface area (Å²) in [6.07, 6.45) is 5.31. The third-order valence-electron chi connectivity index (χ3n) is 7.08. The van der Waals surface area contributed by atoms with Gasteiger partial charge in [-0.1, -0.05) is 0 Å². The lowest BCUT2D eigenvalue weighted by molar-refractivity contribution is 0.0985. The fourth-order valence-corrected chi connectivity index (χ4v) is 6.70. The maximum Gasteiger partial charge on any atom is 0.319 e. The van der Waals surface area contributed by atoms with Gasteiger partial charge in [-0.2, -0.15) is 0 Å². The summed E-state index contributed by atoms with van der Waals surface area (Å²) in [6, 6.07) is 10.1. The van der Waals surface area contributed by atoms with Crippen LogP contribution in [0.15, 0.2) is 30.3 Å². The van der Waals surface area contributed by atoms with Crippen LogP contribution in [0.4, 0.5) is 16.3 Å². The fourth-order valence-electron chi connectivity index (χ4n) is 4.92. The number of anilines is 2. The van der Waals surface area contributed by atoms with Crippen molar-refractivity contribution >= 4 is 29.3 Å². The minimum Gasteiger partial charge on any atom is -0.377 e. The highest BCUT2D eigenvalue weighted by Gasteiger charge is 2.38. The lowest BCUT2D eigenvalue weighted by Gasteiger charge is -2.35. The molecule has 9 heteroatoms. The van der Waals surface area contributed by atoms with Crippen LogP contribution in [-0.2, 0) is 21.2 Å². The molecule has 202 valence electrons. The number of hydrogen-bond acceptors (Lipinski definition) is 6. The molecule has 1 saturated heterocycles. The average Bonchev–Trinajstić information content (AvgIpc) is 3.36. The Bertz CT molecular complexity index is 1040. The number of carbonyl (C=O) groups excluding carboxylic acids is 1. The lowest BCUT2D eigenvalue weighted by atomic mass is 10.1. The molecule has 2 N–H and O–H groups in total. The van der Waals surface area contributed by atoms with Gasteiger partial charge in [-0.25, -0.2) is 14.8 Å². The van der Waals surface area contributed by atoms with Crippen molar-refractivity contribution in [3.8, 4) is 11.4 Å². The number of hydrogen-bond donors (Lipinski definition) is 2. The molecule has 1 aliphatic carbocycles. The van der Waals surface area contributed by atoms with E-state index in [9.17, 15) is 4.79 Å². The first kappa shape index (κ1) is 27.7. The van der Waals surface area contributed by atoms with E-state index in [0.717, 1.165) is 46.9 Å². The number of thiol groups is 1. The Balaban J connectivity index is 1.57. The summed E-state index contributed by atoms with van der Waals surface area (Å²) in [5.41, 5.74) is 2.77. The third kappa shape index (κ3) is 7.58. The molecule has 2 amide bonds. The molecule has 0 spiro atoms. The maximum atomic E-state index is 12.2. The number of likely N-dealkylation sites (N-methyl/N-ethyl adjacent to an activating group) is 1. The monoisotopic (exact) mass is 527 g/mol. The van der Waals surface area contributed by atoms with Crippen molar-refractivity contribution in [3.05, 3.63) is 36.0 Å². The summed E-state index contributed by atoms with van der Waals surface area (Å²) in [5.74, 6) is 1.69. The van der Waals surface area contributed by atoms with E-state index in [-0.39, 0.29) is 16.8 Å². The molecule has 2 aliphatic rings.